The number of rotatable bonds is 4. The summed E-state index contributed by atoms with van der Waals surface area (Å²) in [4.78, 5) is 15.0. The van der Waals surface area contributed by atoms with E-state index < -0.39 is 0 Å². The second kappa shape index (κ2) is 6.50. The quantitative estimate of drug-likeness (QED) is 0.455. The third kappa shape index (κ3) is 3.10. The van der Waals surface area contributed by atoms with E-state index in [0.29, 0.717) is 17.9 Å². The summed E-state index contributed by atoms with van der Waals surface area (Å²) in [7, 11) is 0. The Morgan fingerprint density at radius 2 is 1.81 bits per heavy atom. The fourth-order valence-electron chi connectivity index (χ4n) is 3.13. The van der Waals surface area contributed by atoms with Crippen molar-refractivity contribution in [3.8, 4) is 11.1 Å². The molecule has 130 valence electrons. The predicted molar refractivity (Wildman–Crippen MR) is 104 cm³/mol. The lowest BCUT2D eigenvalue weighted by molar-refractivity contribution is 0.694. The minimum Gasteiger partial charge on any atom is -0.382 e. The smallest absolute Gasteiger partial charge is 0.248 e. The van der Waals surface area contributed by atoms with Crippen LogP contribution in [0.1, 0.15) is 17.3 Å². The Labute approximate surface area is 149 Å². The number of aromatic amines is 2. The number of pyridine rings is 1. The molecular formula is C20H19N5O. The SMILES string of the molecule is Nc1n[nH]c2cc(-c3cc(C(N)Cc4ccccc4)[nH]c(=O)c3)ccc12. The lowest BCUT2D eigenvalue weighted by atomic mass is 9.99. The zero-order valence-corrected chi connectivity index (χ0v) is 14.1. The second-order valence-corrected chi connectivity index (χ2v) is 6.35. The summed E-state index contributed by atoms with van der Waals surface area (Å²) in [5.74, 6) is 0.461. The van der Waals surface area contributed by atoms with Crippen molar-refractivity contribution in [2.45, 2.75) is 12.5 Å². The van der Waals surface area contributed by atoms with E-state index in [-0.39, 0.29) is 11.6 Å². The average Bonchev–Trinajstić information content (AvgIpc) is 3.02. The zero-order valence-electron chi connectivity index (χ0n) is 14.1. The maximum atomic E-state index is 12.2. The van der Waals surface area contributed by atoms with Crippen LogP contribution >= 0.6 is 0 Å². The summed E-state index contributed by atoms with van der Waals surface area (Å²) in [5, 5.41) is 7.76. The summed E-state index contributed by atoms with van der Waals surface area (Å²) < 4.78 is 0. The molecule has 0 bridgehead atoms. The fraction of sp³-hybridized carbons (Fsp3) is 0.100. The van der Waals surface area contributed by atoms with Crippen LogP contribution in [0.3, 0.4) is 0 Å². The van der Waals surface area contributed by atoms with Gasteiger partial charge in [-0.05, 0) is 41.3 Å². The van der Waals surface area contributed by atoms with Gasteiger partial charge >= 0.3 is 0 Å². The van der Waals surface area contributed by atoms with E-state index in [1.807, 2.05) is 54.6 Å². The molecule has 2 aromatic carbocycles. The highest BCUT2D eigenvalue weighted by Gasteiger charge is 2.11. The van der Waals surface area contributed by atoms with Gasteiger partial charge in [0.15, 0.2) is 5.82 Å². The molecule has 6 heteroatoms. The highest BCUT2D eigenvalue weighted by atomic mass is 16.1. The minimum absolute atomic E-state index is 0.176. The highest BCUT2D eigenvalue weighted by Crippen LogP contribution is 2.26. The number of H-pyrrole nitrogens is 2. The number of benzene rings is 2. The second-order valence-electron chi connectivity index (χ2n) is 6.35. The van der Waals surface area contributed by atoms with E-state index >= 15 is 0 Å². The number of nitrogens with one attached hydrogen (secondary N) is 2. The predicted octanol–water partition coefficient (Wildman–Crippen LogP) is 2.74. The van der Waals surface area contributed by atoms with E-state index in [0.717, 1.165) is 27.6 Å². The molecule has 1 unspecified atom stereocenters. The number of hydrogen-bond acceptors (Lipinski definition) is 4. The van der Waals surface area contributed by atoms with Crippen molar-refractivity contribution in [3.63, 3.8) is 0 Å². The van der Waals surface area contributed by atoms with Gasteiger partial charge < -0.3 is 16.5 Å². The molecule has 0 fully saturated rings. The molecule has 26 heavy (non-hydrogen) atoms. The van der Waals surface area contributed by atoms with Gasteiger partial charge in [0.2, 0.25) is 5.56 Å². The lowest BCUT2D eigenvalue weighted by Crippen LogP contribution is -2.19. The van der Waals surface area contributed by atoms with Crippen molar-refractivity contribution < 1.29 is 0 Å². The molecule has 0 aliphatic rings. The van der Waals surface area contributed by atoms with Gasteiger partial charge in [-0.25, -0.2) is 0 Å². The molecule has 4 rings (SSSR count). The Morgan fingerprint density at radius 1 is 1.00 bits per heavy atom. The number of anilines is 1. The molecule has 6 nitrogen and oxygen atoms in total. The normalized spacial score (nSPS) is 12.3. The lowest BCUT2D eigenvalue weighted by Gasteiger charge is -2.13. The molecule has 0 amide bonds. The monoisotopic (exact) mass is 345 g/mol. The summed E-state index contributed by atoms with van der Waals surface area (Å²) >= 11 is 0. The largest absolute Gasteiger partial charge is 0.382 e. The van der Waals surface area contributed by atoms with Crippen LogP contribution in [0.4, 0.5) is 5.82 Å². The molecule has 2 aromatic heterocycles. The minimum atomic E-state index is -0.295. The van der Waals surface area contributed by atoms with Gasteiger partial charge in [-0.3, -0.25) is 9.89 Å². The van der Waals surface area contributed by atoms with Crippen molar-refractivity contribution in [1.82, 2.24) is 15.2 Å². The Bertz CT molecular complexity index is 1110. The van der Waals surface area contributed by atoms with Crippen LogP contribution < -0.4 is 17.0 Å². The van der Waals surface area contributed by atoms with E-state index in [2.05, 4.69) is 15.2 Å². The van der Waals surface area contributed by atoms with Crippen LogP contribution in [0.25, 0.3) is 22.0 Å². The maximum absolute atomic E-state index is 12.2. The summed E-state index contributed by atoms with van der Waals surface area (Å²) in [6.45, 7) is 0. The molecule has 2 heterocycles. The van der Waals surface area contributed by atoms with Crippen LogP contribution in [0, 0.1) is 0 Å². The third-order valence-corrected chi connectivity index (χ3v) is 4.49. The van der Waals surface area contributed by atoms with Crippen LogP contribution in [0.2, 0.25) is 0 Å². The Kier molecular flexibility index (Phi) is 4.02. The van der Waals surface area contributed by atoms with Crippen molar-refractivity contribution in [2.24, 2.45) is 5.73 Å². The summed E-state index contributed by atoms with van der Waals surface area (Å²) in [6, 6.07) is 18.9. The fourth-order valence-corrected chi connectivity index (χ4v) is 3.13. The van der Waals surface area contributed by atoms with E-state index in [1.165, 1.54) is 0 Å². The van der Waals surface area contributed by atoms with Gasteiger partial charge in [0, 0.05) is 23.2 Å². The molecule has 0 saturated carbocycles. The standard InChI is InChI=1S/C20H19N5O/c21-16(8-12-4-2-1-3-5-12)18-10-14(11-19(26)23-18)13-6-7-15-17(9-13)24-25-20(15)22/h1-7,9-11,16H,8,21H2,(H,23,26)(H3,22,24,25). The summed E-state index contributed by atoms with van der Waals surface area (Å²) in [6.07, 6.45) is 0.649. The van der Waals surface area contributed by atoms with Crippen molar-refractivity contribution in [1.29, 1.82) is 0 Å². The van der Waals surface area contributed by atoms with Gasteiger partial charge in [-0.2, -0.15) is 5.10 Å². The first kappa shape index (κ1) is 16.1. The molecule has 0 radical (unpaired) electrons. The number of nitrogen functional groups attached to an aromatic ring is 1. The van der Waals surface area contributed by atoms with Crippen molar-refractivity contribution in [2.75, 3.05) is 5.73 Å². The number of hydrogen-bond donors (Lipinski definition) is 4. The molecule has 0 aliphatic carbocycles. The van der Waals surface area contributed by atoms with Crippen molar-refractivity contribution in [3.05, 3.63) is 82.3 Å². The summed E-state index contributed by atoms with van der Waals surface area (Å²) in [5.41, 5.74) is 16.3. The van der Waals surface area contributed by atoms with Crippen LogP contribution in [0.5, 0.6) is 0 Å². The molecule has 0 saturated heterocycles. The number of nitrogens with two attached hydrogens (primary N) is 2. The van der Waals surface area contributed by atoms with Gasteiger partial charge in [0.1, 0.15) is 0 Å². The van der Waals surface area contributed by atoms with Gasteiger partial charge in [0.25, 0.3) is 0 Å². The van der Waals surface area contributed by atoms with Crippen LogP contribution in [-0.2, 0) is 6.42 Å². The van der Waals surface area contributed by atoms with Crippen LogP contribution in [-0.4, -0.2) is 15.2 Å². The van der Waals surface area contributed by atoms with Gasteiger partial charge in [-0.1, -0.05) is 36.4 Å². The van der Waals surface area contributed by atoms with E-state index in [4.69, 9.17) is 11.5 Å². The highest BCUT2D eigenvalue weighted by molar-refractivity contribution is 5.91. The molecule has 0 aliphatic heterocycles. The maximum Gasteiger partial charge on any atom is 0.248 e. The van der Waals surface area contributed by atoms with Crippen molar-refractivity contribution >= 4 is 16.7 Å². The zero-order chi connectivity index (χ0) is 18.1. The Morgan fingerprint density at radius 3 is 2.62 bits per heavy atom. The number of nitrogens with zero attached hydrogens (tertiary/aromatic N) is 1. The van der Waals surface area contributed by atoms with Crippen LogP contribution in [0.15, 0.2) is 65.5 Å². The van der Waals surface area contributed by atoms with Gasteiger partial charge in [-0.15, -0.1) is 0 Å². The molecule has 4 aromatic rings. The van der Waals surface area contributed by atoms with Gasteiger partial charge in [0.05, 0.1) is 5.52 Å². The molecule has 0 spiro atoms. The number of fused-ring (bicyclic) bond motifs is 1. The Balaban J connectivity index is 1.70. The van der Waals surface area contributed by atoms with E-state index in [9.17, 15) is 4.79 Å². The first-order valence-corrected chi connectivity index (χ1v) is 8.38. The molecule has 1 atom stereocenters. The molecule has 6 N–H and O–H groups in total. The first-order valence-electron chi connectivity index (χ1n) is 8.38. The number of aromatic nitrogens is 3. The topological polar surface area (TPSA) is 114 Å². The average molecular weight is 345 g/mol. The molecular weight excluding hydrogens is 326 g/mol. The Hall–Kier alpha value is -3.38. The van der Waals surface area contributed by atoms with E-state index in [1.54, 1.807) is 6.07 Å². The first-order chi connectivity index (χ1) is 12.6. The third-order valence-electron chi connectivity index (χ3n) is 4.49.